The summed E-state index contributed by atoms with van der Waals surface area (Å²) in [5.41, 5.74) is 7.03. The van der Waals surface area contributed by atoms with Crippen LogP contribution in [0.3, 0.4) is 0 Å². The van der Waals surface area contributed by atoms with Crippen LogP contribution < -0.4 is 0 Å². The van der Waals surface area contributed by atoms with Gasteiger partial charge >= 0.3 is 0 Å². The molecule has 0 saturated carbocycles. The van der Waals surface area contributed by atoms with E-state index in [0.717, 1.165) is 0 Å². The minimum Gasteiger partial charge on any atom is -0.0764 e. The molecule has 0 spiro atoms. The smallest absolute Gasteiger partial charge is 0.0190 e. The van der Waals surface area contributed by atoms with Gasteiger partial charge in [-0.05, 0) is 30.9 Å². The van der Waals surface area contributed by atoms with Crippen molar-refractivity contribution < 1.29 is 0 Å². The summed E-state index contributed by atoms with van der Waals surface area (Å²) >= 11 is 0. The highest BCUT2D eigenvalue weighted by Crippen LogP contribution is 2.42. The van der Waals surface area contributed by atoms with Crippen molar-refractivity contribution in [1.82, 2.24) is 0 Å². The summed E-state index contributed by atoms with van der Waals surface area (Å²) < 4.78 is 0. The molecule has 0 radical (unpaired) electrons. The van der Waals surface area contributed by atoms with Crippen LogP contribution in [0.25, 0.3) is 0 Å². The molecule has 1 aliphatic rings. The van der Waals surface area contributed by atoms with E-state index >= 15 is 0 Å². The van der Waals surface area contributed by atoms with Gasteiger partial charge in [-0.3, -0.25) is 0 Å². The maximum absolute atomic E-state index is 2.38. The molecule has 0 heterocycles. The van der Waals surface area contributed by atoms with Gasteiger partial charge in [-0.2, -0.15) is 0 Å². The predicted octanol–water partition coefficient (Wildman–Crippen LogP) is 6.20. The quantitative estimate of drug-likeness (QED) is 0.630. The molecule has 0 nitrogen and oxygen atoms in total. The van der Waals surface area contributed by atoms with Crippen LogP contribution in [0.15, 0.2) is 72.3 Å². The van der Waals surface area contributed by atoms with E-state index < -0.39 is 0 Å². The van der Waals surface area contributed by atoms with Crippen LogP contribution in [-0.2, 0) is 0 Å². The molecular weight excluding hydrogens is 276 g/mol. The van der Waals surface area contributed by atoms with Crippen molar-refractivity contribution in [3.05, 3.63) is 94.6 Å². The van der Waals surface area contributed by atoms with Crippen molar-refractivity contribution in [3.8, 4) is 0 Å². The van der Waals surface area contributed by atoms with Crippen molar-refractivity contribution >= 4 is 0 Å². The highest BCUT2D eigenvalue weighted by molar-refractivity contribution is 5.43. The molecule has 118 valence electrons. The van der Waals surface area contributed by atoms with E-state index in [2.05, 4.69) is 94.5 Å². The second-order valence-corrected chi connectivity index (χ2v) is 7.04. The molecule has 1 aliphatic carbocycles. The second-order valence-electron chi connectivity index (χ2n) is 7.04. The second kappa shape index (κ2) is 6.58. The fourth-order valence-electron chi connectivity index (χ4n) is 3.72. The lowest BCUT2D eigenvalue weighted by molar-refractivity contribution is 0.580. The molecule has 0 bridgehead atoms. The molecular formula is C23H26. The molecule has 1 unspecified atom stereocenters. The molecule has 0 fully saturated rings. The molecule has 0 N–H and O–H groups in total. The first-order chi connectivity index (χ1) is 11.1. The van der Waals surface area contributed by atoms with Gasteiger partial charge in [-0.1, -0.05) is 97.3 Å². The van der Waals surface area contributed by atoms with Gasteiger partial charge in [0.1, 0.15) is 0 Å². The summed E-state index contributed by atoms with van der Waals surface area (Å²) in [7, 11) is 0. The summed E-state index contributed by atoms with van der Waals surface area (Å²) in [4.78, 5) is 0. The van der Waals surface area contributed by atoms with E-state index in [9.17, 15) is 0 Å². The largest absolute Gasteiger partial charge is 0.0764 e. The van der Waals surface area contributed by atoms with Gasteiger partial charge in [0.25, 0.3) is 0 Å². The van der Waals surface area contributed by atoms with Crippen LogP contribution in [0.4, 0.5) is 0 Å². The SMILES string of the molecule is Cc1cccc(C(c2cccc(C)c2)C2C=CC=C2C(C)C)c1. The van der Waals surface area contributed by atoms with Gasteiger partial charge in [0.05, 0.1) is 0 Å². The van der Waals surface area contributed by atoms with Crippen molar-refractivity contribution in [1.29, 1.82) is 0 Å². The Morgan fingerprint density at radius 3 is 1.87 bits per heavy atom. The summed E-state index contributed by atoms with van der Waals surface area (Å²) in [5, 5.41) is 0. The highest BCUT2D eigenvalue weighted by Gasteiger charge is 2.29. The fourth-order valence-corrected chi connectivity index (χ4v) is 3.72. The Kier molecular flexibility index (Phi) is 4.52. The first kappa shape index (κ1) is 15.8. The Bertz CT molecular complexity index is 701. The summed E-state index contributed by atoms with van der Waals surface area (Å²) in [5.74, 6) is 1.42. The average Bonchev–Trinajstić information content (AvgIpc) is 2.97. The zero-order valence-electron chi connectivity index (χ0n) is 14.6. The lowest BCUT2D eigenvalue weighted by Crippen LogP contribution is -2.16. The van der Waals surface area contributed by atoms with Crippen LogP contribution in [-0.4, -0.2) is 0 Å². The van der Waals surface area contributed by atoms with E-state index in [1.54, 1.807) is 0 Å². The van der Waals surface area contributed by atoms with E-state index in [1.165, 1.54) is 27.8 Å². The minimum atomic E-state index is 0.391. The first-order valence-corrected chi connectivity index (χ1v) is 8.57. The standard InChI is InChI=1S/C23H26/c1-16(2)21-12-7-13-22(21)23(19-10-5-8-17(3)14-19)20-11-6-9-18(4)15-20/h5-16,22-23H,1-4H3. The molecule has 0 amide bonds. The van der Waals surface area contributed by atoms with Crippen LogP contribution >= 0.6 is 0 Å². The van der Waals surface area contributed by atoms with E-state index in [0.29, 0.717) is 17.8 Å². The number of hydrogen-bond acceptors (Lipinski definition) is 0. The molecule has 1 atom stereocenters. The maximum Gasteiger partial charge on any atom is 0.0190 e. The van der Waals surface area contributed by atoms with E-state index in [-0.39, 0.29) is 0 Å². The molecule has 23 heavy (non-hydrogen) atoms. The lowest BCUT2D eigenvalue weighted by Gasteiger charge is -2.28. The number of rotatable bonds is 4. The van der Waals surface area contributed by atoms with Gasteiger partial charge in [0, 0.05) is 11.8 Å². The molecule has 0 aromatic heterocycles. The third kappa shape index (κ3) is 3.32. The Morgan fingerprint density at radius 2 is 1.39 bits per heavy atom. The zero-order valence-corrected chi connectivity index (χ0v) is 14.6. The van der Waals surface area contributed by atoms with Crippen molar-refractivity contribution in [2.75, 3.05) is 0 Å². The average molecular weight is 302 g/mol. The van der Waals surface area contributed by atoms with Crippen LogP contribution in [0.2, 0.25) is 0 Å². The Labute approximate surface area is 140 Å². The number of benzene rings is 2. The van der Waals surface area contributed by atoms with E-state index in [4.69, 9.17) is 0 Å². The Hall–Kier alpha value is -2.08. The molecule has 0 saturated heterocycles. The van der Waals surface area contributed by atoms with Gasteiger partial charge < -0.3 is 0 Å². The van der Waals surface area contributed by atoms with Crippen molar-refractivity contribution in [3.63, 3.8) is 0 Å². The lowest BCUT2D eigenvalue weighted by atomic mass is 9.75. The van der Waals surface area contributed by atoms with Crippen LogP contribution in [0, 0.1) is 25.7 Å². The molecule has 3 rings (SSSR count). The Balaban J connectivity index is 2.11. The first-order valence-electron chi connectivity index (χ1n) is 8.57. The Morgan fingerprint density at radius 1 is 0.826 bits per heavy atom. The summed E-state index contributed by atoms with van der Waals surface area (Å²) in [6, 6.07) is 18.0. The fraction of sp³-hybridized carbons (Fsp3) is 0.304. The van der Waals surface area contributed by atoms with Crippen LogP contribution in [0.1, 0.15) is 42.0 Å². The highest BCUT2D eigenvalue weighted by atomic mass is 14.3. The van der Waals surface area contributed by atoms with Crippen molar-refractivity contribution in [2.24, 2.45) is 11.8 Å². The monoisotopic (exact) mass is 302 g/mol. The third-order valence-electron chi connectivity index (χ3n) is 4.82. The summed E-state index contributed by atoms with van der Waals surface area (Å²) in [6.45, 7) is 8.96. The van der Waals surface area contributed by atoms with E-state index in [1.807, 2.05) is 0 Å². The minimum absolute atomic E-state index is 0.391. The zero-order chi connectivity index (χ0) is 16.4. The molecule has 0 aliphatic heterocycles. The molecule has 0 heteroatoms. The topological polar surface area (TPSA) is 0 Å². The number of allylic oxidation sites excluding steroid dienone is 4. The van der Waals surface area contributed by atoms with Gasteiger partial charge in [-0.25, -0.2) is 0 Å². The summed E-state index contributed by atoms with van der Waals surface area (Å²) in [6.07, 6.45) is 6.93. The molecule has 2 aromatic carbocycles. The predicted molar refractivity (Wildman–Crippen MR) is 99.8 cm³/mol. The van der Waals surface area contributed by atoms with Crippen molar-refractivity contribution in [2.45, 2.75) is 33.6 Å². The molecule has 2 aromatic rings. The maximum atomic E-state index is 2.38. The normalized spacial score (nSPS) is 17.1. The van der Waals surface area contributed by atoms with Crippen LogP contribution in [0.5, 0.6) is 0 Å². The van der Waals surface area contributed by atoms with Gasteiger partial charge in [0.15, 0.2) is 0 Å². The number of hydrogen-bond donors (Lipinski definition) is 0. The number of aryl methyl sites for hydroxylation is 2. The third-order valence-corrected chi connectivity index (χ3v) is 4.82. The van der Waals surface area contributed by atoms with Gasteiger partial charge in [0.2, 0.25) is 0 Å². The van der Waals surface area contributed by atoms with Gasteiger partial charge in [-0.15, -0.1) is 0 Å².